The van der Waals surface area contributed by atoms with E-state index in [1.807, 2.05) is 6.92 Å². The first-order chi connectivity index (χ1) is 13.0. The maximum atomic E-state index is 12.4. The van der Waals surface area contributed by atoms with E-state index in [4.69, 9.17) is 4.74 Å². The lowest BCUT2D eigenvalue weighted by Crippen LogP contribution is -2.44. The summed E-state index contributed by atoms with van der Waals surface area (Å²) in [6.45, 7) is 6.05. The molecule has 0 aromatic carbocycles. The zero-order valence-corrected chi connectivity index (χ0v) is 16.0. The second-order valence-electron chi connectivity index (χ2n) is 6.33. The van der Waals surface area contributed by atoms with Gasteiger partial charge in [-0.05, 0) is 13.0 Å². The fourth-order valence-electron chi connectivity index (χ4n) is 2.82. The highest BCUT2D eigenvalue weighted by Gasteiger charge is 2.12. The summed E-state index contributed by atoms with van der Waals surface area (Å²) in [6.07, 6.45) is 1.36. The van der Waals surface area contributed by atoms with Gasteiger partial charge in [0.25, 0.3) is 5.56 Å². The number of amides is 2. The van der Waals surface area contributed by atoms with E-state index in [9.17, 15) is 14.4 Å². The molecule has 0 unspecified atom stereocenters. The smallest absolute Gasteiger partial charge is 0.262 e. The van der Waals surface area contributed by atoms with Crippen molar-refractivity contribution < 1.29 is 14.3 Å². The Morgan fingerprint density at radius 1 is 1.26 bits per heavy atom. The quantitative estimate of drug-likeness (QED) is 0.647. The first-order valence-corrected chi connectivity index (χ1v) is 9.63. The molecule has 2 N–H and O–H groups in total. The molecule has 1 aliphatic rings. The van der Waals surface area contributed by atoms with Crippen molar-refractivity contribution in [1.82, 2.24) is 25.1 Å². The van der Waals surface area contributed by atoms with Gasteiger partial charge in [-0.3, -0.25) is 23.9 Å². The van der Waals surface area contributed by atoms with Crippen molar-refractivity contribution >= 4 is 33.4 Å². The average Bonchev–Trinajstić information content (AvgIpc) is 3.05. The van der Waals surface area contributed by atoms with E-state index in [2.05, 4.69) is 20.5 Å². The van der Waals surface area contributed by atoms with E-state index in [1.165, 1.54) is 22.2 Å². The molecule has 2 aromatic heterocycles. The van der Waals surface area contributed by atoms with Crippen molar-refractivity contribution in [2.75, 3.05) is 45.9 Å². The van der Waals surface area contributed by atoms with Gasteiger partial charge in [0.2, 0.25) is 11.8 Å². The molecular formula is C17H23N5O4S. The average molecular weight is 393 g/mol. The first kappa shape index (κ1) is 19.5. The minimum absolute atomic E-state index is 0.121. The number of aromatic nitrogens is 2. The Bertz CT molecular complexity index is 872. The minimum atomic E-state index is -0.409. The summed E-state index contributed by atoms with van der Waals surface area (Å²) in [7, 11) is 0. The Balaban J connectivity index is 1.42. The van der Waals surface area contributed by atoms with Crippen molar-refractivity contribution in [2.45, 2.75) is 13.5 Å². The molecule has 2 amide bonds. The third-order valence-electron chi connectivity index (χ3n) is 4.26. The summed E-state index contributed by atoms with van der Waals surface area (Å²) in [5.74, 6) is -0.667. The third kappa shape index (κ3) is 5.34. The molecule has 9 nitrogen and oxygen atoms in total. The Hall–Kier alpha value is -2.30. The lowest BCUT2D eigenvalue weighted by Gasteiger charge is -2.26. The van der Waals surface area contributed by atoms with Crippen LogP contribution < -0.4 is 16.2 Å². The maximum absolute atomic E-state index is 12.4. The number of thiophene rings is 1. The highest BCUT2D eigenvalue weighted by atomic mass is 32.1. The number of hydrogen-bond acceptors (Lipinski definition) is 7. The lowest BCUT2D eigenvalue weighted by molar-refractivity contribution is -0.126. The number of carbonyl (C=O) groups is 2. The molecular weight excluding hydrogens is 370 g/mol. The molecule has 0 radical (unpaired) electrons. The molecule has 0 atom stereocenters. The van der Waals surface area contributed by atoms with Crippen LogP contribution in [0.25, 0.3) is 10.2 Å². The van der Waals surface area contributed by atoms with Gasteiger partial charge in [0.05, 0.1) is 31.5 Å². The van der Waals surface area contributed by atoms with E-state index < -0.39 is 5.91 Å². The van der Waals surface area contributed by atoms with E-state index in [1.54, 1.807) is 6.07 Å². The predicted molar refractivity (Wildman–Crippen MR) is 102 cm³/mol. The molecule has 1 saturated heterocycles. The minimum Gasteiger partial charge on any atom is -0.379 e. The van der Waals surface area contributed by atoms with Crippen LogP contribution in [-0.4, -0.2) is 72.2 Å². The largest absolute Gasteiger partial charge is 0.379 e. The highest BCUT2D eigenvalue weighted by molar-refractivity contribution is 7.18. The molecule has 10 heteroatoms. The summed E-state index contributed by atoms with van der Waals surface area (Å²) >= 11 is 1.44. The number of nitrogens with one attached hydrogen (secondary N) is 2. The molecule has 1 aliphatic heterocycles. The second kappa shape index (κ2) is 9.07. The van der Waals surface area contributed by atoms with Crippen LogP contribution >= 0.6 is 11.3 Å². The first-order valence-electron chi connectivity index (χ1n) is 8.82. The number of rotatable bonds is 7. The Morgan fingerprint density at radius 2 is 2.04 bits per heavy atom. The van der Waals surface area contributed by atoms with Crippen molar-refractivity contribution in [3.05, 3.63) is 27.6 Å². The van der Waals surface area contributed by atoms with Gasteiger partial charge in [-0.1, -0.05) is 0 Å². The molecule has 146 valence electrons. The molecule has 3 heterocycles. The van der Waals surface area contributed by atoms with Gasteiger partial charge in [0, 0.05) is 31.1 Å². The summed E-state index contributed by atoms with van der Waals surface area (Å²) < 4.78 is 6.52. The number of hydrogen-bond donors (Lipinski definition) is 2. The number of aryl methyl sites for hydroxylation is 1. The van der Waals surface area contributed by atoms with Crippen LogP contribution in [0.4, 0.5) is 0 Å². The van der Waals surface area contributed by atoms with E-state index in [0.29, 0.717) is 16.8 Å². The summed E-state index contributed by atoms with van der Waals surface area (Å²) in [5, 5.41) is 5.81. The van der Waals surface area contributed by atoms with Crippen molar-refractivity contribution in [3.8, 4) is 0 Å². The zero-order chi connectivity index (χ0) is 19.2. The Kier molecular flexibility index (Phi) is 6.54. The van der Waals surface area contributed by atoms with Crippen molar-refractivity contribution in [3.63, 3.8) is 0 Å². The Labute approximate surface area is 160 Å². The summed E-state index contributed by atoms with van der Waals surface area (Å²) in [5.41, 5.74) is -0.255. The van der Waals surface area contributed by atoms with Gasteiger partial charge in [0.15, 0.2) is 0 Å². The van der Waals surface area contributed by atoms with Crippen LogP contribution in [0.3, 0.4) is 0 Å². The number of ether oxygens (including phenoxy) is 1. The van der Waals surface area contributed by atoms with E-state index in [0.717, 1.165) is 37.7 Å². The van der Waals surface area contributed by atoms with Crippen LogP contribution in [0, 0.1) is 6.92 Å². The number of morpholine rings is 1. The SMILES string of the molecule is Cc1cc2c(=O)n(CC(=O)NCC(=O)NCCN3CCOCC3)cnc2s1. The lowest BCUT2D eigenvalue weighted by atomic mass is 10.3. The molecule has 1 fully saturated rings. The van der Waals surface area contributed by atoms with Crippen LogP contribution in [-0.2, 0) is 20.9 Å². The normalized spacial score (nSPS) is 15.0. The van der Waals surface area contributed by atoms with Crippen LogP contribution in [0.5, 0.6) is 0 Å². The number of nitrogens with zero attached hydrogens (tertiary/aromatic N) is 3. The van der Waals surface area contributed by atoms with Crippen molar-refractivity contribution in [1.29, 1.82) is 0 Å². The summed E-state index contributed by atoms with van der Waals surface area (Å²) in [6, 6.07) is 1.77. The standard InChI is InChI=1S/C17H23N5O4S/c1-12-8-13-16(27-12)20-11-22(17(13)25)10-15(24)19-9-14(23)18-2-3-21-4-6-26-7-5-21/h8,11H,2-7,9-10H2,1H3,(H,18,23)(H,19,24). The monoisotopic (exact) mass is 393 g/mol. The predicted octanol–water partition coefficient (Wildman–Crippen LogP) is -0.669. The number of fused-ring (bicyclic) bond motifs is 1. The molecule has 0 aliphatic carbocycles. The van der Waals surface area contributed by atoms with Gasteiger partial charge < -0.3 is 15.4 Å². The molecule has 2 aromatic rings. The summed E-state index contributed by atoms with van der Waals surface area (Å²) in [4.78, 5) is 44.3. The third-order valence-corrected chi connectivity index (χ3v) is 5.21. The number of carbonyl (C=O) groups excluding carboxylic acids is 2. The molecule has 0 bridgehead atoms. The maximum Gasteiger partial charge on any atom is 0.262 e. The van der Waals surface area contributed by atoms with Gasteiger partial charge >= 0.3 is 0 Å². The van der Waals surface area contributed by atoms with Gasteiger partial charge in [-0.25, -0.2) is 4.98 Å². The highest BCUT2D eigenvalue weighted by Crippen LogP contribution is 2.19. The van der Waals surface area contributed by atoms with Crippen molar-refractivity contribution in [2.24, 2.45) is 0 Å². The van der Waals surface area contributed by atoms with Gasteiger partial charge in [-0.2, -0.15) is 0 Å². The van der Waals surface area contributed by atoms with Gasteiger partial charge in [0.1, 0.15) is 11.4 Å². The molecule has 0 spiro atoms. The van der Waals surface area contributed by atoms with E-state index >= 15 is 0 Å². The Morgan fingerprint density at radius 3 is 2.81 bits per heavy atom. The van der Waals surface area contributed by atoms with Crippen LogP contribution in [0.1, 0.15) is 4.88 Å². The molecule has 3 rings (SSSR count). The fourth-order valence-corrected chi connectivity index (χ4v) is 3.66. The second-order valence-corrected chi connectivity index (χ2v) is 7.57. The van der Waals surface area contributed by atoms with Crippen LogP contribution in [0.2, 0.25) is 0 Å². The molecule has 27 heavy (non-hydrogen) atoms. The fraction of sp³-hybridized carbons (Fsp3) is 0.529. The van der Waals surface area contributed by atoms with E-state index in [-0.39, 0.29) is 24.6 Å². The van der Waals surface area contributed by atoms with Gasteiger partial charge in [-0.15, -0.1) is 11.3 Å². The zero-order valence-electron chi connectivity index (χ0n) is 15.2. The molecule has 0 saturated carbocycles. The van der Waals surface area contributed by atoms with Crippen LogP contribution in [0.15, 0.2) is 17.2 Å². The topological polar surface area (TPSA) is 106 Å².